The molecule has 2 aliphatic heterocycles. The molecule has 4 rings (SSSR count). The number of hydrogen-bond acceptors (Lipinski definition) is 5. The third-order valence-electron chi connectivity index (χ3n) is 5.05. The summed E-state index contributed by atoms with van der Waals surface area (Å²) >= 11 is 0. The van der Waals surface area contributed by atoms with Gasteiger partial charge in [-0.1, -0.05) is 48.5 Å². The molecule has 6 heteroatoms. The molecule has 6 nitrogen and oxygen atoms in total. The number of anilines is 1. The van der Waals surface area contributed by atoms with Gasteiger partial charge in [-0.2, -0.15) is 0 Å². The Morgan fingerprint density at radius 3 is 2.62 bits per heavy atom. The average Bonchev–Trinajstić information content (AvgIpc) is 3.22. The Kier molecular flexibility index (Phi) is 4.24. The molecule has 2 heterocycles. The van der Waals surface area contributed by atoms with Crippen LogP contribution in [0.2, 0.25) is 0 Å². The normalized spacial score (nSPS) is 23.0. The summed E-state index contributed by atoms with van der Waals surface area (Å²) in [5.74, 6) is -0.380. The van der Waals surface area contributed by atoms with Gasteiger partial charge >= 0.3 is 12.1 Å². The molecule has 3 atom stereocenters. The van der Waals surface area contributed by atoms with Gasteiger partial charge in [-0.15, -0.1) is 0 Å². The molecule has 2 aromatic rings. The average molecular weight is 352 g/mol. The van der Waals surface area contributed by atoms with Crippen LogP contribution in [0, 0.1) is 0 Å². The lowest BCUT2D eigenvalue weighted by molar-refractivity contribution is -0.145. The van der Waals surface area contributed by atoms with E-state index in [0.717, 1.165) is 16.8 Å². The van der Waals surface area contributed by atoms with Crippen LogP contribution in [0.4, 0.5) is 10.5 Å². The Morgan fingerprint density at radius 2 is 1.85 bits per heavy atom. The van der Waals surface area contributed by atoms with Crippen molar-refractivity contribution in [1.82, 2.24) is 4.90 Å². The van der Waals surface area contributed by atoms with Gasteiger partial charge in [0.1, 0.15) is 18.8 Å². The van der Waals surface area contributed by atoms with Crippen molar-refractivity contribution in [3.8, 4) is 0 Å². The van der Waals surface area contributed by atoms with Gasteiger partial charge in [-0.3, -0.25) is 4.90 Å². The van der Waals surface area contributed by atoms with Crippen LogP contribution in [-0.4, -0.2) is 36.3 Å². The molecule has 1 amide bonds. The fourth-order valence-corrected chi connectivity index (χ4v) is 3.83. The van der Waals surface area contributed by atoms with Crippen molar-refractivity contribution >= 4 is 17.7 Å². The van der Waals surface area contributed by atoms with E-state index in [2.05, 4.69) is 5.32 Å². The lowest BCUT2D eigenvalue weighted by atomic mass is 9.96. The van der Waals surface area contributed by atoms with Gasteiger partial charge in [-0.05, 0) is 23.6 Å². The predicted octanol–water partition coefficient (Wildman–Crippen LogP) is 3.11. The van der Waals surface area contributed by atoms with E-state index < -0.39 is 18.1 Å². The summed E-state index contributed by atoms with van der Waals surface area (Å²) in [5, 5.41) is 3.35. The number of benzene rings is 2. The van der Waals surface area contributed by atoms with Crippen LogP contribution in [0.25, 0.3) is 0 Å². The van der Waals surface area contributed by atoms with E-state index in [0.29, 0.717) is 6.42 Å². The molecule has 0 saturated carbocycles. The minimum atomic E-state index is -0.654. The Balaban J connectivity index is 1.56. The molecule has 0 aliphatic carbocycles. The van der Waals surface area contributed by atoms with Crippen LogP contribution >= 0.6 is 0 Å². The second-order valence-corrected chi connectivity index (χ2v) is 6.51. The molecule has 0 unspecified atom stereocenters. The molecule has 0 spiro atoms. The number of amides is 1. The predicted molar refractivity (Wildman–Crippen MR) is 95.5 cm³/mol. The minimum Gasteiger partial charge on any atom is -0.467 e. The van der Waals surface area contributed by atoms with Crippen molar-refractivity contribution < 1.29 is 19.1 Å². The summed E-state index contributed by atoms with van der Waals surface area (Å²) in [7, 11) is 1.34. The van der Waals surface area contributed by atoms with Gasteiger partial charge in [0.05, 0.1) is 7.11 Å². The number of nitrogens with one attached hydrogen (secondary N) is 1. The third kappa shape index (κ3) is 2.77. The van der Waals surface area contributed by atoms with Gasteiger partial charge in [0, 0.05) is 11.6 Å². The Labute approximate surface area is 151 Å². The van der Waals surface area contributed by atoms with E-state index in [1.807, 2.05) is 54.6 Å². The van der Waals surface area contributed by atoms with Crippen LogP contribution in [0.1, 0.15) is 23.5 Å². The number of carbonyl (C=O) groups is 2. The molecule has 1 saturated heterocycles. The molecule has 0 aromatic heterocycles. The number of methoxy groups -OCH3 is 1. The van der Waals surface area contributed by atoms with Gasteiger partial charge in [0.15, 0.2) is 0 Å². The van der Waals surface area contributed by atoms with E-state index in [1.54, 1.807) is 0 Å². The van der Waals surface area contributed by atoms with Crippen molar-refractivity contribution in [2.45, 2.75) is 31.2 Å². The molecule has 0 radical (unpaired) electrons. The van der Waals surface area contributed by atoms with Gasteiger partial charge in [-0.25, -0.2) is 9.59 Å². The quantitative estimate of drug-likeness (QED) is 0.860. The second kappa shape index (κ2) is 6.71. The van der Waals surface area contributed by atoms with E-state index in [4.69, 9.17) is 9.47 Å². The zero-order valence-corrected chi connectivity index (χ0v) is 14.4. The number of fused-ring (bicyclic) bond motifs is 3. The highest BCUT2D eigenvalue weighted by Crippen LogP contribution is 2.46. The van der Waals surface area contributed by atoms with Crippen LogP contribution < -0.4 is 5.32 Å². The SMILES string of the molecule is COC(=O)[C@H]1C[C@H]2c3ccccc3N[C@H]2N1C(=O)OCc1ccccc1. The van der Waals surface area contributed by atoms with E-state index in [-0.39, 0.29) is 18.7 Å². The number of carbonyl (C=O) groups excluding carboxylic acids is 2. The molecule has 0 bridgehead atoms. The largest absolute Gasteiger partial charge is 0.467 e. The first-order chi connectivity index (χ1) is 12.7. The summed E-state index contributed by atoms with van der Waals surface area (Å²) in [4.78, 5) is 26.5. The van der Waals surface area contributed by atoms with Crippen LogP contribution in [-0.2, 0) is 20.9 Å². The van der Waals surface area contributed by atoms with Crippen molar-refractivity contribution in [1.29, 1.82) is 0 Å². The van der Waals surface area contributed by atoms with Crippen molar-refractivity contribution in [3.63, 3.8) is 0 Å². The third-order valence-corrected chi connectivity index (χ3v) is 5.05. The molecule has 26 heavy (non-hydrogen) atoms. The summed E-state index contributed by atoms with van der Waals surface area (Å²) in [6.45, 7) is 0.161. The molecule has 134 valence electrons. The van der Waals surface area contributed by atoms with Crippen LogP contribution in [0.15, 0.2) is 54.6 Å². The molecule has 1 N–H and O–H groups in total. The van der Waals surface area contributed by atoms with E-state index >= 15 is 0 Å². The van der Waals surface area contributed by atoms with Crippen LogP contribution in [0.5, 0.6) is 0 Å². The molecule has 2 aliphatic rings. The highest BCUT2D eigenvalue weighted by molar-refractivity contribution is 5.84. The fourth-order valence-electron chi connectivity index (χ4n) is 3.83. The highest BCUT2D eigenvalue weighted by atomic mass is 16.6. The lowest BCUT2D eigenvalue weighted by Crippen LogP contribution is -2.48. The standard InChI is InChI=1S/C20H20N2O4/c1-25-19(23)17-11-15-14-9-5-6-10-16(14)21-18(15)22(17)20(24)26-12-13-7-3-2-4-8-13/h2-10,15,17-18,21H,11-12H2,1H3/t15-,17+,18-/m0/s1. The fraction of sp³-hybridized carbons (Fsp3) is 0.300. The molecular weight excluding hydrogens is 332 g/mol. The number of para-hydroxylation sites is 1. The van der Waals surface area contributed by atoms with Crippen molar-refractivity contribution in [2.75, 3.05) is 12.4 Å². The zero-order chi connectivity index (χ0) is 18.1. The van der Waals surface area contributed by atoms with Gasteiger partial charge < -0.3 is 14.8 Å². The summed E-state index contributed by atoms with van der Waals surface area (Å²) in [5.41, 5.74) is 3.00. The first-order valence-corrected chi connectivity index (χ1v) is 8.61. The number of esters is 1. The van der Waals surface area contributed by atoms with Crippen LogP contribution in [0.3, 0.4) is 0 Å². The van der Waals surface area contributed by atoms with E-state index in [1.165, 1.54) is 12.0 Å². The first-order valence-electron chi connectivity index (χ1n) is 8.61. The maximum absolute atomic E-state index is 12.8. The summed E-state index contributed by atoms with van der Waals surface area (Å²) in [6.07, 6.45) is -0.307. The number of hydrogen-bond donors (Lipinski definition) is 1. The van der Waals surface area contributed by atoms with Gasteiger partial charge in [0.25, 0.3) is 0 Å². The summed E-state index contributed by atoms with van der Waals surface area (Å²) < 4.78 is 10.4. The minimum absolute atomic E-state index is 0.0413. The van der Waals surface area contributed by atoms with E-state index in [9.17, 15) is 9.59 Å². The van der Waals surface area contributed by atoms with Gasteiger partial charge in [0.2, 0.25) is 0 Å². The first kappa shape index (κ1) is 16.4. The number of rotatable bonds is 3. The maximum atomic E-state index is 12.8. The number of likely N-dealkylation sites (tertiary alicyclic amines) is 1. The Hall–Kier alpha value is -3.02. The molecule has 1 fully saturated rings. The lowest BCUT2D eigenvalue weighted by Gasteiger charge is -2.28. The van der Waals surface area contributed by atoms with Crippen molar-refractivity contribution in [2.24, 2.45) is 0 Å². The molecule has 2 aromatic carbocycles. The monoisotopic (exact) mass is 352 g/mol. The number of ether oxygens (including phenoxy) is 2. The Morgan fingerprint density at radius 1 is 1.12 bits per heavy atom. The molecular formula is C20H20N2O4. The van der Waals surface area contributed by atoms with Crippen molar-refractivity contribution in [3.05, 3.63) is 65.7 Å². The smallest absolute Gasteiger partial charge is 0.412 e. The zero-order valence-electron chi connectivity index (χ0n) is 14.4. The topological polar surface area (TPSA) is 67.9 Å². The Bertz CT molecular complexity index is 824. The highest BCUT2D eigenvalue weighted by Gasteiger charge is 2.52. The number of nitrogens with zero attached hydrogens (tertiary/aromatic N) is 1. The second-order valence-electron chi connectivity index (χ2n) is 6.51. The maximum Gasteiger partial charge on any atom is 0.412 e. The summed E-state index contributed by atoms with van der Waals surface area (Å²) in [6, 6.07) is 16.7.